The Bertz CT molecular complexity index is 297. The number of nitrogens with one attached hydrogen (secondary N) is 1. The van der Waals surface area contributed by atoms with Crippen molar-refractivity contribution in [3.63, 3.8) is 0 Å². The Morgan fingerprint density at radius 2 is 1.65 bits per heavy atom. The highest BCUT2D eigenvalue weighted by molar-refractivity contribution is 6.37. The van der Waals surface area contributed by atoms with Gasteiger partial charge in [0.2, 0.25) is 5.78 Å². The molecular weight excluding hydrogens is 222 g/mol. The van der Waals surface area contributed by atoms with Gasteiger partial charge in [-0.1, -0.05) is 27.7 Å². The zero-order valence-corrected chi connectivity index (χ0v) is 11.1. The smallest absolute Gasteiger partial charge is 0.328 e. The van der Waals surface area contributed by atoms with Gasteiger partial charge in [0.25, 0.3) is 5.91 Å². The van der Waals surface area contributed by atoms with Gasteiger partial charge in [0.1, 0.15) is 6.04 Å². The van der Waals surface area contributed by atoms with E-state index >= 15 is 0 Å². The molecule has 0 fully saturated rings. The fourth-order valence-corrected chi connectivity index (χ4v) is 1.32. The standard InChI is InChI=1S/C12H21NO4/c1-7(2)6-9(12(16)17-5)13-11(15)10(14)8(3)4/h7-9H,6H2,1-5H3,(H,13,15)/t9-/m0/s1. The average molecular weight is 243 g/mol. The molecule has 98 valence electrons. The Labute approximate surface area is 102 Å². The molecule has 0 heterocycles. The first kappa shape index (κ1) is 15.6. The molecular formula is C12H21NO4. The van der Waals surface area contributed by atoms with Gasteiger partial charge in [-0.05, 0) is 12.3 Å². The summed E-state index contributed by atoms with van der Waals surface area (Å²) in [4.78, 5) is 34.4. The summed E-state index contributed by atoms with van der Waals surface area (Å²) in [6, 6.07) is -0.754. The molecule has 5 nitrogen and oxygen atoms in total. The van der Waals surface area contributed by atoms with Crippen LogP contribution in [0.25, 0.3) is 0 Å². The van der Waals surface area contributed by atoms with Crippen LogP contribution < -0.4 is 5.32 Å². The maximum Gasteiger partial charge on any atom is 0.328 e. The minimum absolute atomic E-state index is 0.216. The largest absolute Gasteiger partial charge is 0.467 e. The van der Waals surface area contributed by atoms with Crippen molar-refractivity contribution in [2.24, 2.45) is 11.8 Å². The third kappa shape index (κ3) is 5.47. The quantitative estimate of drug-likeness (QED) is 0.556. The van der Waals surface area contributed by atoms with Crippen LogP contribution in [0.15, 0.2) is 0 Å². The van der Waals surface area contributed by atoms with Crippen LogP contribution in [0.2, 0.25) is 0 Å². The van der Waals surface area contributed by atoms with Crippen LogP contribution >= 0.6 is 0 Å². The summed E-state index contributed by atoms with van der Waals surface area (Å²) in [7, 11) is 1.26. The first-order valence-electron chi connectivity index (χ1n) is 5.72. The number of hydrogen-bond donors (Lipinski definition) is 1. The predicted molar refractivity (Wildman–Crippen MR) is 63.2 cm³/mol. The van der Waals surface area contributed by atoms with E-state index in [9.17, 15) is 14.4 Å². The number of ether oxygens (including phenoxy) is 1. The molecule has 0 bridgehead atoms. The summed E-state index contributed by atoms with van der Waals surface area (Å²) in [5.41, 5.74) is 0. The fourth-order valence-electron chi connectivity index (χ4n) is 1.32. The Morgan fingerprint density at radius 3 is 2.00 bits per heavy atom. The fraction of sp³-hybridized carbons (Fsp3) is 0.750. The highest BCUT2D eigenvalue weighted by Crippen LogP contribution is 2.06. The minimum Gasteiger partial charge on any atom is -0.467 e. The van der Waals surface area contributed by atoms with Crippen molar-refractivity contribution >= 4 is 17.7 Å². The molecule has 0 aliphatic carbocycles. The molecule has 0 spiro atoms. The number of carbonyl (C=O) groups excluding carboxylic acids is 3. The van der Waals surface area contributed by atoms with E-state index in [1.165, 1.54) is 7.11 Å². The van der Waals surface area contributed by atoms with Crippen LogP contribution in [0.5, 0.6) is 0 Å². The summed E-state index contributed by atoms with van der Waals surface area (Å²) in [5, 5.41) is 2.42. The van der Waals surface area contributed by atoms with E-state index in [0.717, 1.165) is 0 Å². The van der Waals surface area contributed by atoms with Crippen molar-refractivity contribution in [3.8, 4) is 0 Å². The van der Waals surface area contributed by atoms with Crippen molar-refractivity contribution < 1.29 is 19.1 Å². The van der Waals surface area contributed by atoms with Gasteiger partial charge in [-0.3, -0.25) is 9.59 Å². The monoisotopic (exact) mass is 243 g/mol. The van der Waals surface area contributed by atoms with Crippen LogP contribution in [0, 0.1) is 11.8 Å². The number of Topliss-reactive ketones (excluding diaryl/α,β-unsaturated/α-hetero) is 1. The molecule has 0 aromatic heterocycles. The van der Waals surface area contributed by atoms with Crippen LogP contribution in [-0.4, -0.2) is 30.8 Å². The molecule has 1 N–H and O–H groups in total. The summed E-state index contributed by atoms with van der Waals surface area (Å²) in [6.45, 7) is 7.12. The van der Waals surface area contributed by atoms with Crippen molar-refractivity contribution in [2.45, 2.75) is 40.2 Å². The van der Waals surface area contributed by atoms with Crippen LogP contribution in [0.1, 0.15) is 34.1 Å². The maximum atomic E-state index is 11.5. The topological polar surface area (TPSA) is 72.5 Å². The Morgan fingerprint density at radius 1 is 1.12 bits per heavy atom. The molecule has 0 unspecified atom stereocenters. The van der Waals surface area contributed by atoms with Crippen molar-refractivity contribution in [3.05, 3.63) is 0 Å². The number of ketones is 1. The van der Waals surface area contributed by atoms with Gasteiger partial charge in [0, 0.05) is 5.92 Å². The highest BCUT2D eigenvalue weighted by atomic mass is 16.5. The van der Waals surface area contributed by atoms with Crippen LogP contribution in [-0.2, 0) is 19.1 Å². The average Bonchev–Trinajstić information content (AvgIpc) is 2.24. The molecule has 0 aromatic rings. The zero-order chi connectivity index (χ0) is 13.6. The number of carbonyl (C=O) groups is 3. The van der Waals surface area contributed by atoms with E-state index in [1.54, 1.807) is 13.8 Å². The number of methoxy groups -OCH3 is 1. The van der Waals surface area contributed by atoms with Gasteiger partial charge in [0.05, 0.1) is 7.11 Å². The third-order valence-electron chi connectivity index (χ3n) is 2.25. The van der Waals surface area contributed by atoms with E-state index in [2.05, 4.69) is 10.1 Å². The number of rotatable bonds is 6. The summed E-state index contributed by atoms with van der Waals surface area (Å²) >= 11 is 0. The molecule has 0 radical (unpaired) electrons. The third-order valence-corrected chi connectivity index (χ3v) is 2.25. The van der Waals surface area contributed by atoms with Crippen molar-refractivity contribution in [2.75, 3.05) is 7.11 Å². The van der Waals surface area contributed by atoms with E-state index < -0.39 is 23.7 Å². The Kier molecular flexibility index (Phi) is 6.46. The number of esters is 1. The predicted octanol–water partition coefficient (Wildman–Crippen LogP) is 0.915. The second kappa shape index (κ2) is 7.04. The van der Waals surface area contributed by atoms with Gasteiger partial charge in [0.15, 0.2) is 0 Å². The molecule has 0 rings (SSSR count). The van der Waals surface area contributed by atoms with Gasteiger partial charge < -0.3 is 10.1 Å². The van der Waals surface area contributed by atoms with Gasteiger partial charge >= 0.3 is 5.97 Å². The minimum atomic E-state index is -0.754. The molecule has 17 heavy (non-hydrogen) atoms. The lowest BCUT2D eigenvalue weighted by Crippen LogP contribution is -2.46. The molecule has 1 amide bonds. The van der Waals surface area contributed by atoms with Gasteiger partial charge in [-0.25, -0.2) is 4.79 Å². The van der Waals surface area contributed by atoms with E-state index in [4.69, 9.17) is 0 Å². The normalized spacial score (nSPS) is 12.4. The van der Waals surface area contributed by atoms with E-state index in [0.29, 0.717) is 6.42 Å². The lowest BCUT2D eigenvalue weighted by molar-refractivity contribution is -0.147. The van der Waals surface area contributed by atoms with E-state index in [-0.39, 0.29) is 11.8 Å². The molecule has 0 aliphatic rings. The summed E-state index contributed by atoms with van der Waals surface area (Å²) < 4.78 is 4.59. The Hall–Kier alpha value is -1.39. The molecule has 0 aromatic carbocycles. The number of amides is 1. The van der Waals surface area contributed by atoms with Crippen LogP contribution in [0.3, 0.4) is 0 Å². The molecule has 1 atom stereocenters. The first-order chi connectivity index (χ1) is 7.79. The maximum absolute atomic E-state index is 11.5. The SMILES string of the molecule is COC(=O)[C@H](CC(C)C)NC(=O)C(=O)C(C)C. The van der Waals surface area contributed by atoms with Gasteiger partial charge in [-0.15, -0.1) is 0 Å². The first-order valence-corrected chi connectivity index (χ1v) is 5.72. The Balaban J connectivity index is 4.58. The summed E-state index contributed by atoms with van der Waals surface area (Å²) in [6.07, 6.45) is 0.448. The zero-order valence-electron chi connectivity index (χ0n) is 11.1. The van der Waals surface area contributed by atoms with Crippen molar-refractivity contribution in [1.82, 2.24) is 5.32 Å². The van der Waals surface area contributed by atoms with Crippen molar-refractivity contribution in [1.29, 1.82) is 0 Å². The number of hydrogen-bond acceptors (Lipinski definition) is 4. The molecule has 0 saturated carbocycles. The highest BCUT2D eigenvalue weighted by Gasteiger charge is 2.26. The van der Waals surface area contributed by atoms with E-state index in [1.807, 2.05) is 13.8 Å². The lowest BCUT2D eigenvalue weighted by atomic mass is 10.0. The second-order valence-electron chi connectivity index (χ2n) is 4.70. The lowest BCUT2D eigenvalue weighted by Gasteiger charge is -2.18. The molecule has 0 aliphatic heterocycles. The molecule has 0 saturated heterocycles. The summed E-state index contributed by atoms with van der Waals surface area (Å²) in [5.74, 6) is -1.94. The molecule has 5 heteroatoms. The van der Waals surface area contributed by atoms with Crippen LogP contribution in [0.4, 0.5) is 0 Å². The second-order valence-corrected chi connectivity index (χ2v) is 4.70. The van der Waals surface area contributed by atoms with Gasteiger partial charge in [-0.2, -0.15) is 0 Å².